The van der Waals surface area contributed by atoms with Crippen molar-refractivity contribution >= 4 is 38.9 Å². The van der Waals surface area contributed by atoms with E-state index >= 15 is 0 Å². The van der Waals surface area contributed by atoms with Crippen molar-refractivity contribution in [2.24, 2.45) is 0 Å². The van der Waals surface area contributed by atoms with Crippen LogP contribution in [0.1, 0.15) is 0 Å². The van der Waals surface area contributed by atoms with Crippen molar-refractivity contribution < 1.29 is 0 Å². The van der Waals surface area contributed by atoms with E-state index in [0.717, 1.165) is 72.6 Å². The van der Waals surface area contributed by atoms with Crippen LogP contribution >= 0.6 is 0 Å². The number of nitrogens with one attached hydrogen (secondary N) is 1. The smallest absolute Gasteiger partial charge is 0.0619 e. The fraction of sp³-hybridized carbons (Fsp3) is 0. The summed E-state index contributed by atoms with van der Waals surface area (Å²) in [6.07, 6.45) is 0. The van der Waals surface area contributed by atoms with E-state index in [1.165, 1.54) is 21.9 Å². The van der Waals surface area contributed by atoms with E-state index in [-0.39, 0.29) is 0 Å². The summed E-state index contributed by atoms with van der Waals surface area (Å²) in [6, 6.07) is 80.9. The summed E-state index contributed by atoms with van der Waals surface area (Å²) in [4.78, 5) is 6.44. The van der Waals surface area contributed by atoms with E-state index in [1.807, 2.05) is 0 Å². The van der Waals surface area contributed by atoms with Crippen molar-refractivity contribution in [3.8, 4) is 55.6 Å². The molecule has 10 aromatic rings. The second kappa shape index (κ2) is 14.4. The van der Waals surface area contributed by atoms with Crippen LogP contribution in [0.15, 0.2) is 224 Å². The standard InChI is InChI=1S/C54H38N2/c1-5-20-38(21-6-1)42-28-14-17-34-50(42)56(51-35-18-15-29-43(51)39-22-7-2-8-23-39)54-45(41-26-11-4-12-27-41)31-19-32-48(54)52-44(40-24-9-3-10-25-40)36-37-47-46-30-13-16-33-49(46)55-53(47)52/h1-37,55H. The van der Waals surface area contributed by atoms with Gasteiger partial charge in [-0.25, -0.2) is 0 Å². The van der Waals surface area contributed by atoms with Crippen LogP contribution in [0.25, 0.3) is 77.4 Å². The fourth-order valence-corrected chi connectivity index (χ4v) is 8.33. The van der Waals surface area contributed by atoms with Crippen LogP contribution in [0.5, 0.6) is 0 Å². The number of nitrogens with zero attached hydrogens (tertiary/aromatic N) is 1. The van der Waals surface area contributed by atoms with Crippen molar-refractivity contribution in [3.63, 3.8) is 0 Å². The summed E-state index contributed by atoms with van der Waals surface area (Å²) in [5.74, 6) is 0. The SMILES string of the molecule is c1ccc(-c2ccccc2N(c2ccccc2-c2ccccc2)c2c(-c3ccccc3)cccc2-c2c(-c3ccccc3)ccc3c2[nH]c2ccccc23)cc1. The summed E-state index contributed by atoms with van der Waals surface area (Å²) >= 11 is 0. The van der Waals surface area contributed by atoms with Crippen molar-refractivity contribution in [2.45, 2.75) is 0 Å². The van der Waals surface area contributed by atoms with Gasteiger partial charge in [-0.2, -0.15) is 0 Å². The molecule has 1 heterocycles. The highest BCUT2D eigenvalue weighted by Gasteiger charge is 2.28. The Hall–Kier alpha value is -7.42. The molecule has 1 N–H and O–H groups in total. The van der Waals surface area contributed by atoms with E-state index < -0.39 is 0 Å². The maximum absolute atomic E-state index is 3.92. The first-order valence-electron chi connectivity index (χ1n) is 19.2. The molecule has 0 unspecified atom stereocenters. The average Bonchev–Trinajstić information content (AvgIpc) is 3.67. The molecule has 0 saturated carbocycles. The predicted molar refractivity (Wildman–Crippen MR) is 238 cm³/mol. The molecular formula is C54H38N2. The molecule has 0 amide bonds. The molecule has 0 bridgehead atoms. The molecular weight excluding hydrogens is 677 g/mol. The fourth-order valence-electron chi connectivity index (χ4n) is 8.33. The summed E-state index contributed by atoms with van der Waals surface area (Å²) in [7, 11) is 0. The van der Waals surface area contributed by atoms with Gasteiger partial charge in [0.15, 0.2) is 0 Å². The lowest BCUT2D eigenvalue weighted by Gasteiger charge is -2.34. The highest BCUT2D eigenvalue weighted by molar-refractivity contribution is 6.17. The van der Waals surface area contributed by atoms with Gasteiger partial charge >= 0.3 is 0 Å². The summed E-state index contributed by atoms with van der Waals surface area (Å²) < 4.78 is 0. The summed E-state index contributed by atoms with van der Waals surface area (Å²) in [5.41, 5.74) is 17.1. The lowest BCUT2D eigenvalue weighted by molar-refractivity contribution is 1.28. The van der Waals surface area contributed by atoms with Gasteiger partial charge in [0, 0.05) is 44.1 Å². The molecule has 9 aromatic carbocycles. The highest BCUT2D eigenvalue weighted by atomic mass is 15.2. The molecule has 0 spiro atoms. The zero-order valence-electron chi connectivity index (χ0n) is 30.8. The zero-order chi connectivity index (χ0) is 37.3. The third kappa shape index (κ3) is 5.85. The maximum Gasteiger partial charge on any atom is 0.0619 e. The minimum Gasteiger partial charge on any atom is -0.354 e. The molecule has 264 valence electrons. The number of hydrogen-bond donors (Lipinski definition) is 1. The minimum atomic E-state index is 1.09. The largest absolute Gasteiger partial charge is 0.354 e. The van der Waals surface area contributed by atoms with Crippen LogP contribution in [-0.2, 0) is 0 Å². The van der Waals surface area contributed by atoms with Crippen LogP contribution < -0.4 is 4.90 Å². The number of H-pyrrole nitrogens is 1. The van der Waals surface area contributed by atoms with Gasteiger partial charge in [0.2, 0.25) is 0 Å². The Morgan fingerprint density at radius 1 is 0.286 bits per heavy atom. The van der Waals surface area contributed by atoms with Crippen molar-refractivity contribution in [1.82, 2.24) is 4.98 Å². The number of hydrogen-bond acceptors (Lipinski definition) is 1. The molecule has 0 atom stereocenters. The van der Waals surface area contributed by atoms with E-state index in [9.17, 15) is 0 Å². The van der Waals surface area contributed by atoms with E-state index in [4.69, 9.17) is 0 Å². The molecule has 2 nitrogen and oxygen atoms in total. The molecule has 0 aliphatic heterocycles. The van der Waals surface area contributed by atoms with E-state index in [0.29, 0.717) is 0 Å². The van der Waals surface area contributed by atoms with Gasteiger partial charge in [0.25, 0.3) is 0 Å². The molecule has 0 fully saturated rings. The second-order valence-corrected chi connectivity index (χ2v) is 14.1. The number of aromatic amines is 1. The number of anilines is 3. The molecule has 10 rings (SSSR count). The summed E-state index contributed by atoms with van der Waals surface area (Å²) in [5, 5.41) is 2.41. The number of fused-ring (bicyclic) bond motifs is 3. The van der Waals surface area contributed by atoms with E-state index in [1.54, 1.807) is 0 Å². The topological polar surface area (TPSA) is 19.0 Å². The normalized spacial score (nSPS) is 11.2. The Balaban J connectivity index is 1.39. The minimum absolute atomic E-state index is 1.09. The Labute approximate surface area is 327 Å². The number of para-hydroxylation sites is 4. The third-order valence-electron chi connectivity index (χ3n) is 10.8. The molecule has 2 heteroatoms. The number of benzene rings is 9. The number of aromatic nitrogens is 1. The van der Waals surface area contributed by atoms with Crippen LogP contribution in [-0.4, -0.2) is 4.98 Å². The lowest BCUT2D eigenvalue weighted by Crippen LogP contribution is -2.15. The van der Waals surface area contributed by atoms with Crippen molar-refractivity contribution in [2.75, 3.05) is 4.90 Å². The first-order valence-corrected chi connectivity index (χ1v) is 19.2. The summed E-state index contributed by atoms with van der Waals surface area (Å²) in [6.45, 7) is 0. The van der Waals surface area contributed by atoms with Gasteiger partial charge in [-0.1, -0.05) is 206 Å². The average molecular weight is 715 g/mol. The Kier molecular flexibility index (Phi) is 8.55. The molecule has 0 aliphatic rings. The Bertz CT molecular complexity index is 2860. The quantitative estimate of drug-likeness (QED) is 0.166. The highest BCUT2D eigenvalue weighted by Crippen LogP contribution is 2.53. The van der Waals surface area contributed by atoms with Gasteiger partial charge in [-0.15, -0.1) is 0 Å². The van der Waals surface area contributed by atoms with Crippen LogP contribution in [0.3, 0.4) is 0 Å². The molecule has 1 aromatic heterocycles. The van der Waals surface area contributed by atoms with E-state index in [2.05, 4.69) is 234 Å². The first-order chi connectivity index (χ1) is 27.8. The van der Waals surface area contributed by atoms with Gasteiger partial charge in [-0.3, -0.25) is 0 Å². The third-order valence-corrected chi connectivity index (χ3v) is 10.8. The van der Waals surface area contributed by atoms with Gasteiger partial charge in [0.05, 0.1) is 22.6 Å². The van der Waals surface area contributed by atoms with Crippen LogP contribution in [0.4, 0.5) is 17.1 Å². The number of rotatable bonds is 8. The molecule has 56 heavy (non-hydrogen) atoms. The molecule has 0 saturated heterocycles. The van der Waals surface area contributed by atoms with Crippen LogP contribution in [0.2, 0.25) is 0 Å². The monoisotopic (exact) mass is 714 g/mol. The van der Waals surface area contributed by atoms with Gasteiger partial charge < -0.3 is 9.88 Å². The predicted octanol–water partition coefficient (Wildman–Crippen LogP) is 15.1. The molecule has 0 aliphatic carbocycles. The second-order valence-electron chi connectivity index (χ2n) is 14.1. The maximum atomic E-state index is 3.92. The Morgan fingerprint density at radius 2 is 0.714 bits per heavy atom. The van der Waals surface area contributed by atoms with Gasteiger partial charge in [-0.05, 0) is 46.0 Å². The first kappa shape index (κ1) is 33.2. The van der Waals surface area contributed by atoms with Gasteiger partial charge in [0.1, 0.15) is 0 Å². The van der Waals surface area contributed by atoms with Crippen molar-refractivity contribution in [1.29, 1.82) is 0 Å². The lowest BCUT2D eigenvalue weighted by atomic mass is 9.87. The molecule has 0 radical (unpaired) electrons. The van der Waals surface area contributed by atoms with Crippen molar-refractivity contribution in [3.05, 3.63) is 224 Å². The zero-order valence-corrected chi connectivity index (χ0v) is 30.8. The van der Waals surface area contributed by atoms with Crippen LogP contribution in [0, 0.1) is 0 Å². The Morgan fingerprint density at radius 3 is 1.29 bits per heavy atom.